The Hall–Kier alpha value is -2.60. The number of para-hydroxylation sites is 1. The van der Waals surface area contributed by atoms with E-state index in [2.05, 4.69) is 10.2 Å². The molecule has 6 heteroatoms. The highest BCUT2D eigenvalue weighted by molar-refractivity contribution is 7.71. The lowest BCUT2D eigenvalue weighted by Crippen LogP contribution is -1.97. The molecule has 1 aromatic heterocycles. The molecular weight excluding hydrogens is 286 g/mol. The number of nitrogens with one attached hydrogen (secondary N) is 1. The van der Waals surface area contributed by atoms with Gasteiger partial charge in [0.15, 0.2) is 22.1 Å². The smallest absolute Gasteiger partial charge is 0.200 e. The van der Waals surface area contributed by atoms with Crippen molar-refractivity contribution in [3.63, 3.8) is 0 Å². The van der Waals surface area contributed by atoms with Crippen LogP contribution in [0, 0.1) is 4.77 Å². The number of nitrogens with zero attached hydrogens (tertiary/aromatic N) is 2. The van der Waals surface area contributed by atoms with Gasteiger partial charge in [-0.25, -0.2) is 0 Å². The molecule has 0 aliphatic rings. The van der Waals surface area contributed by atoms with Gasteiger partial charge in [0.2, 0.25) is 0 Å². The molecule has 0 bridgehead atoms. The lowest BCUT2D eigenvalue weighted by molar-refractivity contribution is 0.373. The Kier molecular flexibility index (Phi) is 3.45. The van der Waals surface area contributed by atoms with Gasteiger partial charge < -0.3 is 9.84 Å². The summed E-state index contributed by atoms with van der Waals surface area (Å²) in [4.78, 5) is 0. The fourth-order valence-corrected chi connectivity index (χ4v) is 2.37. The molecule has 3 aromatic rings. The van der Waals surface area contributed by atoms with Gasteiger partial charge >= 0.3 is 0 Å². The molecular formula is C15H13N3O2S. The number of benzene rings is 2. The molecule has 0 radical (unpaired) electrons. The number of phenols is 1. The van der Waals surface area contributed by atoms with Crippen molar-refractivity contribution in [1.29, 1.82) is 0 Å². The van der Waals surface area contributed by atoms with Crippen molar-refractivity contribution in [3.8, 4) is 28.6 Å². The highest BCUT2D eigenvalue weighted by Gasteiger charge is 2.12. The summed E-state index contributed by atoms with van der Waals surface area (Å²) in [5, 5.41) is 17.0. The van der Waals surface area contributed by atoms with Gasteiger partial charge in [-0.05, 0) is 42.5 Å². The Morgan fingerprint density at radius 1 is 1.19 bits per heavy atom. The van der Waals surface area contributed by atoms with E-state index in [9.17, 15) is 5.11 Å². The summed E-state index contributed by atoms with van der Waals surface area (Å²) in [5.74, 6) is 1.10. The SMILES string of the molecule is COc1ccc(-c2n[nH]c(=S)n2-c2ccccc2)cc1O. The average Bonchev–Trinajstić information content (AvgIpc) is 2.90. The third kappa shape index (κ3) is 2.41. The molecule has 3 rings (SSSR count). The fourth-order valence-electron chi connectivity index (χ4n) is 2.14. The van der Waals surface area contributed by atoms with Crippen LogP contribution in [0.3, 0.4) is 0 Å². The molecule has 5 nitrogen and oxygen atoms in total. The van der Waals surface area contributed by atoms with Gasteiger partial charge in [-0.1, -0.05) is 18.2 Å². The number of aromatic hydroxyl groups is 1. The molecule has 0 amide bonds. The van der Waals surface area contributed by atoms with E-state index in [4.69, 9.17) is 17.0 Å². The van der Waals surface area contributed by atoms with E-state index >= 15 is 0 Å². The molecule has 21 heavy (non-hydrogen) atoms. The molecule has 0 saturated heterocycles. The lowest BCUT2D eigenvalue weighted by atomic mass is 10.2. The van der Waals surface area contributed by atoms with Crippen LogP contribution in [0.1, 0.15) is 0 Å². The van der Waals surface area contributed by atoms with E-state index < -0.39 is 0 Å². The molecule has 0 aliphatic heterocycles. The standard InChI is InChI=1S/C15H13N3O2S/c1-20-13-8-7-10(9-12(13)19)14-16-17-15(21)18(14)11-5-3-2-4-6-11/h2-9,19H,1H3,(H,17,21). The van der Waals surface area contributed by atoms with E-state index in [1.807, 2.05) is 41.0 Å². The number of ether oxygens (including phenoxy) is 1. The maximum absolute atomic E-state index is 9.92. The van der Waals surface area contributed by atoms with Crippen molar-refractivity contribution in [2.75, 3.05) is 7.11 Å². The zero-order chi connectivity index (χ0) is 14.8. The Bertz CT molecular complexity index is 824. The van der Waals surface area contributed by atoms with E-state index in [1.165, 1.54) is 7.11 Å². The Labute approximate surface area is 126 Å². The second kappa shape index (κ2) is 5.41. The van der Waals surface area contributed by atoms with Crippen molar-refractivity contribution in [3.05, 3.63) is 53.3 Å². The molecule has 0 aliphatic carbocycles. The van der Waals surface area contributed by atoms with Crippen LogP contribution < -0.4 is 4.74 Å². The molecule has 2 N–H and O–H groups in total. The van der Waals surface area contributed by atoms with Crippen LogP contribution in [0.5, 0.6) is 11.5 Å². The van der Waals surface area contributed by atoms with Gasteiger partial charge in [0, 0.05) is 11.3 Å². The summed E-state index contributed by atoms with van der Waals surface area (Å²) in [7, 11) is 1.51. The number of aromatic nitrogens is 3. The first-order valence-electron chi connectivity index (χ1n) is 6.31. The van der Waals surface area contributed by atoms with Crippen molar-refractivity contribution >= 4 is 12.2 Å². The monoisotopic (exact) mass is 299 g/mol. The summed E-state index contributed by atoms with van der Waals surface area (Å²) in [5.41, 5.74) is 1.64. The summed E-state index contributed by atoms with van der Waals surface area (Å²) in [6, 6.07) is 14.8. The number of rotatable bonds is 3. The molecule has 2 aromatic carbocycles. The summed E-state index contributed by atoms with van der Waals surface area (Å²) in [6.45, 7) is 0. The molecule has 106 valence electrons. The van der Waals surface area contributed by atoms with Gasteiger partial charge in [-0.2, -0.15) is 5.10 Å². The predicted octanol–water partition coefficient (Wildman–Crippen LogP) is 3.31. The minimum Gasteiger partial charge on any atom is -0.504 e. The second-order valence-electron chi connectivity index (χ2n) is 4.41. The van der Waals surface area contributed by atoms with Crippen LogP contribution >= 0.6 is 12.2 Å². The fraction of sp³-hybridized carbons (Fsp3) is 0.0667. The first-order chi connectivity index (χ1) is 10.2. The number of H-pyrrole nitrogens is 1. The minimum atomic E-state index is 0.0588. The largest absolute Gasteiger partial charge is 0.504 e. The molecule has 0 saturated carbocycles. The highest BCUT2D eigenvalue weighted by Crippen LogP contribution is 2.31. The van der Waals surface area contributed by atoms with E-state index in [0.717, 1.165) is 11.3 Å². The van der Waals surface area contributed by atoms with Crippen LogP contribution in [-0.4, -0.2) is 27.0 Å². The number of methoxy groups -OCH3 is 1. The molecule has 0 atom stereocenters. The average molecular weight is 299 g/mol. The third-order valence-corrected chi connectivity index (χ3v) is 3.40. The maximum atomic E-state index is 9.92. The van der Waals surface area contributed by atoms with Crippen molar-refractivity contribution < 1.29 is 9.84 Å². The maximum Gasteiger partial charge on any atom is 0.200 e. The Morgan fingerprint density at radius 2 is 1.95 bits per heavy atom. The summed E-state index contributed by atoms with van der Waals surface area (Å²) < 4.78 is 7.36. The first-order valence-corrected chi connectivity index (χ1v) is 6.72. The zero-order valence-electron chi connectivity index (χ0n) is 11.3. The quantitative estimate of drug-likeness (QED) is 0.728. The Balaban J connectivity index is 2.17. The molecule has 0 unspecified atom stereocenters. The van der Waals surface area contributed by atoms with Crippen LogP contribution in [0.25, 0.3) is 17.1 Å². The zero-order valence-corrected chi connectivity index (χ0v) is 12.1. The minimum absolute atomic E-state index is 0.0588. The third-order valence-electron chi connectivity index (χ3n) is 3.12. The van der Waals surface area contributed by atoms with E-state index in [0.29, 0.717) is 16.3 Å². The number of hydrogen-bond donors (Lipinski definition) is 2. The molecule has 1 heterocycles. The number of hydrogen-bond acceptors (Lipinski definition) is 4. The van der Waals surface area contributed by atoms with Gasteiger partial charge in [-0.15, -0.1) is 0 Å². The predicted molar refractivity (Wildman–Crippen MR) is 82.4 cm³/mol. The van der Waals surface area contributed by atoms with Crippen LogP contribution in [0.4, 0.5) is 0 Å². The number of phenolic OH excluding ortho intramolecular Hbond substituents is 1. The van der Waals surface area contributed by atoms with E-state index in [-0.39, 0.29) is 5.75 Å². The van der Waals surface area contributed by atoms with Gasteiger partial charge in [0.1, 0.15) is 0 Å². The van der Waals surface area contributed by atoms with Crippen LogP contribution in [-0.2, 0) is 0 Å². The van der Waals surface area contributed by atoms with Crippen molar-refractivity contribution in [2.45, 2.75) is 0 Å². The second-order valence-corrected chi connectivity index (χ2v) is 4.80. The van der Waals surface area contributed by atoms with E-state index in [1.54, 1.807) is 12.1 Å². The van der Waals surface area contributed by atoms with Crippen LogP contribution in [0.15, 0.2) is 48.5 Å². The summed E-state index contributed by atoms with van der Waals surface area (Å²) >= 11 is 5.29. The highest BCUT2D eigenvalue weighted by atomic mass is 32.1. The Morgan fingerprint density at radius 3 is 2.62 bits per heavy atom. The molecule has 0 spiro atoms. The van der Waals surface area contributed by atoms with Crippen LogP contribution in [0.2, 0.25) is 0 Å². The topological polar surface area (TPSA) is 63.1 Å². The lowest BCUT2D eigenvalue weighted by Gasteiger charge is -2.08. The van der Waals surface area contributed by atoms with Gasteiger partial charge in [-0.3, -0.25) is 9.67 Å². The molecule has 0 fully saturated rings. The van der Waals surface area contributed by atoms with Crippen molar-refractivity contribution in [2.24, 2.45) is 0 Å². The van der Waals surface area contributed by atoms with Gasteiger partial charge in [0.05, 0.1) is 7.11 Å². The van der Waals surface area contributed by atoms with Crippen molar-refractivity contribution in [1.82, 2.24) is 14.8 Å². The normalized spacial score (nSPS) is 10.5. The summed E-state index contributed by atoms with van der Waals surface area (Å²) in [6.07, 6.45) is 0. The first kappa shape index (κ1) is 13.4. The number of aromatic amines is 1. The van der Waals surface area contributed by atoms with Gasteiger partial charge in [0.25, 0.3) is 0 Å².